The van der Waals surface area contributed by atoms with Crippen LogP contribution in [0.25, 0.3) is 0 Å². The number of unbranched alkanes of at least 4 members (excludes halogenated alkanes) is 1. The Hall–Kier alpha value is -0.710. The molecule has 19 heavy (non-hydrogen) atoms. The molecule has 0 aromatic rings. The summed E-state index contributed by atoms with van der Waals surface area (Å²) in [6, 6.07) is 0. The number of Topliss-reactive ketones (excluding diaryl/α,β-unsaturated/α-hetero) is 1. The Morgan fingerprint density at radius 3 is 2.11 bits per heavy atom. The summed E-state index contributed by atoms with van der Waals surface area (Å²) in [5.41, 5.74) is 0. The maximum absolute atomic E-state index is 12.1. The molecule has 0 spiro atoms. The van der Waals surface area contributed by atoms with Crippen molar-refractivity contribution in [2.75, 3.05) is 26.0 Å². The van der Waals surface area contributed by atoms with Crippen molar-refractivity contribution in [3.63, 3.8) is 0 Å². The number of carbonyl (C=O) groups excluding carboxylic acids is 2. The van der Waals surface area contributed by atoms with Gasteiger partial charge in [-0.25, -0.2) is 0 Å². The van der Waals surface area contributed by atoms with Crippen LogP contribution < -0.4 is 0 Å². The largest absolute Gasteiger partial charge is 0.466 e. The van der Waals surface area contributed by atoms with Gasteiger partial charge in [0.1, 0.15) is 11.9 Å². The molecule has 6 nitrogen and oxygen atoms in total. The van der Waals surface area contributed by atoms with E-state index in [1.54, 1.807) is 13.8 Å². The van der Waals surface area contributed by atoms with Gasteiger partial charge in [0.05, 0.1) is 19.8 Å². The van der Waals surface area contributed by atoms with Gasteiger partial charge in [0.25, 0.3) is 0 Å². The second-order valence-electron chi connectivity index (χ2n) is 3.94. The second-order valence-corrected chi connectivity index (χ2v) is 5.99. The van der Waals surface area contributed by atoms with Crippen molar-refractivity contribution in [1.82, 2.24) is 0 Å². The second kappa shape index (κ2) is 10.1. The molecule has 0 heterocycles. The van der Waals surface area contributed by atoms with Crippen LogP contribution in [0.4, 0.5) is 0 Å². The molecular formula is C12H23O6P. The first-order chi connectivity index (χ1) is 8.93. The van der Waals surface area contributed by atoms with Crippen molar-refractivity contribution < 1.29 is 27.9 Å². The topological polar surface area (TPSA) is 78.9 Å². The highest BCUT2D eigenvalue weighted by Gasteiger charge is 2.26. The molecule has 0 aromatic heterocycles. The quantitative estimate of drug-likeness (QED) is 0.331. The summed E-state index contributed by atoms with van der Waals surface area (Å²) in [4.78, 5) is 22.2. The van der Waals surface area contributed by atoms with Crippen molar-refractivity contribution in [3.8, 4) is 0 Å². The number of hydrogen-bond donors (Lipinski definition) is 0. The van der Waals surface area contributed by atoms with E-state index in [-0.39, 0.29) is 37.5 Å². The Kier molecular flexibility index (Phi) is 9.74. The van der Waals surface area contributed by atoms with E-state index in [1.807, 2.05) is 0 Å². The zero-order chi connectivity index (χ0) is 14.7. The monoisotopic (exact) mass is 294 g/mol. The molecule has 0 aliphatic carbocycles. The van der Waals surface area contributed by atoms with Crippen molar-refractivity contribution in [3.05, 3.63) is 0 Å². The molecule has 0 aliphatic rings. The van der Waals surface area contributed by atoms with E-state index in [4.69, 9.17) is 13.8 Å². The fourth-order valence-electron chi connectivity index (χ4n) is 1.46. The molecule has 0 aromatic carbocycles. The molecule has 0 aliphatic heterocycles. The minimum absolute atomic E-state index is 0.159. The Labute approximate surface area is 114 Å². The molecule has 0 bridgehead atoms. The number of ether oxygens (including phenoxy) is 1. The maximum Gasteiger partial charge on any atom is 0.338 e. The first kappa shape index (κ1) is 18.3. The highest BCUT2D eigenvalue weighted by atomic mass is 31.2. The summed E-state index contributed by atoms with van der Waals surface area (Å²) in [5.74, 6) is -0.489. The van der Waals surface area contributed by atoms with E-state index < -0.39 is 7.60 Å². The third-order valence-corrected chi connectivity index (χ3v) is 4.22. The third-order valence-electron chi connectivity index (χ3n) is 2.18. The van der Waals surface area contributed by atoms with Gasteiger partial charge in [-0.1, -0.05) is 0 Å². The molecule has 0 saturated heterocycles. The molecule has 0 rings (SSSR count). The van der Waals surface area contributed by atoms with E-state index >= 15 is 0 Å². The van der Waals surface area contributed by atoms with Crippen LogP contribution in [0.3, 0.4) is 0 Å². The summed E-state index contributed by atoms with van der Waals surface area (Å²) in [6.07, 6.45) is 1.29. The molecule has 0 fully saturated rings. The smallest absolute Gasteiger partial charge is 0.338 e. The summed E-state index contributed by atoms with van der Waals surface area (Å²) >= 11 is 0. The van der Waals surface area contributed by atoms with Crippen LogP contribution in [-0.4, -0.2) is 37.7 Å². The lowest BCUT2D eigenvalue weighted by atomic mass is 10.2. The predicted octanol–water partition coefficient (Wildman–Crippen LogP) is 2.56. The maximum atomic E-state index is 12.1. The van der Waals surface area contributed by atoms with E-state index in [0.29, 0.717) is 19.4 Å². The standard InChI is InChI=1S/C12H23O6P/c1-4-17-19(15,18-5-2)10-12(14)8-6-7-9-16-11(3)13/h4-10H2,1-3H3. The van der Waals surface area contributed by atoms with Gasteiger partial charge in [0.2, 0.25) is 0 Å². The van der Waals surface area contributed by atoms with Gasteiger partial charge < -0.3 is 13.8 Å². The lowest BCUT2D eigenvalue weighted by Crippen LogP contribution is -2.10. The summed E-state index contributed by atoms with van der Waals surface area (Å²) < 4.78 is 26.9. The molecule has 0 radical (unpaired) electrons. The Bertz CT molecular complexity index is 318. The molecular weight excluding hydrogens is 271 g/mol. The van der Waals surface area contributed by atoms with Crippen LogP contribution in [-0.2, 0) is 27.9 Å². The summed E-state index contributed by atoms with van der Waals surface area (Å²) in [7, 11) is -3.28. The molecule has 0 saturated carbocycles. The molecule has 0 amide bonds. The Morgan fingerprint density at radius 1 is 1.05 bits per heavy atom. The molecule has 0 atom stereocenters. The van der Waals surface area contributed by atoms with E-state index in [0.717, 1.165) is 0 Å². The van der Waals surface area contributed by atoms with Crippen molar-refractivity contribution in [2.45, 2.75) is 40.0 Å². The fraction of sp³-hybridized carbons (Fsp3) is 0.833. The van der Waals surface area contributed by atoms with E-state index in [9.17, 15) is 14.2 Å². The minimum Gasteiger partial charge on any atom is -0.466 e. The number of carbonyl (C=O) groups is 2. The van der Waals surface area contributed by atoms with Gasteiger partial charge in [0.15, 0.2) is 0 Å². The van der Waals surface area contributed by atoms with Gasteiger partial charge in [0, 0.05) is 13.3 Å². The molecule has 7 heteroatoms. The Balaban J connectivity index is 3.93. The van der Waals surface area contributed by atoms with Crippen molar-refractivity contribution in [2.24, 2.45) is 0 Å². The van der Waals surface area contributed by atoms with Crippen molar-refractivity contribution in [1.29, 1.82) is 0 Å². The molecule has 0 unspecified atom stereocenters. The van der Waals surface area contributed by atoms with Gasteiger partial charge in [-0.05, 0) is 26.7 Å². The fourth-order valence-corrected chi connectivity index (χ4v) is 3.09. The molecule has 112 valence electrons. The van der Waals surface area contributed by atoms with Crippen LogP contribution in [0.1, 0.15) is 40.0 Å². The zero-order valence-electron chi connectivity index (χ0n) is 11.8. The first-order valence-corrected chi connectivity index (χ1v) is 8.19. The minimum atomic E-state index is -3.28. The number of rotatable bonds is 11. The number of esters is 1. The average molecular weight is 294 g/mol. The first-order valence-electron chi connectivity index (χ1n) is 6.46. The highest BCUT2D eigenvalue weighted by molar-refractivity contribution is 7.54. The zero-order valence-corrected chi connectivity index (χ0v) is 12.7. The van der Waals surface area contributed by atoms with Crippen LogP contribution in [0.2, 0.25) is 0 Å². The van der Waals surface area contributed by atoms with Gasteiger partial charge in [-0.3, -0.25) is 14.2 Å². The van der Waals surface area contributed by atoms with Gasteiger partial charge in [-0.15, -0.1) is 0 Å². The van der Waals surface area contributed by atoms with Crippen molar-refractivity contribution >= 4 is 19.3 Å². The van der Waals surface area contributed by atoms with Crippen LogP contribution in [0.5, 0.6) is 0 Å². The van der Waals surface area contributed by atoms with Crippen LogP contribution in [0.15, 0.2) is 0 Å². The van der Waals surface area contributed by atoms with Crippen LogP contribution >= 0.6 is 7.60 Å². The van der Waals surface area contributed by atoms with Gasteiger partial charge in [-0.2, -0.15) is 0 Å². The average Bonchev–Trinajstić information content (AvgIpc) is 2.28. The third kappa shape index (κ3) is 9.82. The highest BCUT2D eigenvalue weighted by Crippen LogP contribution is 2.47. The van der Waals surface area contributed by atoms with Crippen LogP contribution in [0, 0.1) is 0 Å². The normalized spacial score (nSPS) is 11.3. The predicted molar refractivity (Wildman–Crippen MR) is 71.2 cm³/mol. The SMILES string of the molecule is CCOP(=O)(CC(=O)CCCCOC(C)=O)OCC. The number of ketones is 1. The molecule has 0 N–H and O–H groups in total. The Morgan fingerprint density at radius 2 is 1.63 bits per heavy atom. The summed E-state index contributed by atoms with van der Waals surface area (Å²) in [5, 5.41) is 0. The number of hydrogen-bond acceptors (Lipinski definition) is 6. The van der Waals surface area contributed by atoms with E-state index in [2.05, 4.69) is 0 Å². The lowest BCUT2D eigenvalue weighted by molar-refractivity contribution is -0.141. The lowest BCUT2D eigenvalue weighted by Gasteiger charge is -2.15. The summed E-state index contributed by atoms with van der Waals surface area (Å²) in [6.45, 7) is 5.54. The van der Waals surface area contributed by atoms with Gasteiger partial charge >= 0.3 is 13.6 Å². The van der Waals surface area contributed by atoms with E-state index in [1.165, 1.54) is 6.92 Å².